The summed E-state index contributed by atoms with van der Waals surface area (Å²) in [7, 11) is -2.22. The van der Waals surface area contributed by atoms with Crippen molar-refractivity contribution in [3.05, 3.63) is 94.0 Å². The Morgan fingerprint density at radius 1 is 0.853 bits per heavy atom. The molecule has 0 aromatic heterocycles. The molecule has 0 radical (unpaired) electrons. The van der Waals surface area contributed by atoms with Crippen LogP contribution in [0.3, 0.4) is 0 Å². The summed E-state index contributed by atoms with van der Waals surface area (Å²) in [6, 6.07) is 17.2. The Morgan fingerprint density at radius 3 is 2.06 bits per heavy atom. The van der Waals surface area contributed by atoms with Gasteiger partial charge in [-0.25, -0.2) is 13.2 Å². The Morgan fingerprint density at radius 2 is 1.47 bits per heavy atom. The number of aryl methyl sites for hydroxylation is 3. The van der Waals surface area contributed by atoms with Gasteiger partial charge in [-0.15, -0.1) is 0 Å². The van der Waals surface area contributed by atoms with Gasteiger partial charge < -0.3 is 10.1 Å². The molecule has 7 nitrogen and oxygen atoms in total. The Bertz CT molecular complexity index is 1330. The summed E-state index contributed by atoms with van der Waals surface area (Å²) in [6.45, 7) is 5.88. The van der Waals surface area contributed by atoms with E-state index in [0.717, 1.165) is 22.3 Å². The number of nitrogens with one attached hydrogen (secondary N) is 1. The number of rotatable bonds is 7. The normalized spacial score (nSPS) is 11.1. The van der Waals surface area contributed by atoms with Crippen molar-refractivity contribution in [1.29, 1.82) is 0 Å². The van der Waals surface area contributed by atoms with Crippen LogP contribution in [-0.4, -0.2) is 33.7 Å². The molecular weight excluding hydrogens is 452 g/mol. The van der Waals surface area contributed by atoms with E-state index in [2.05, 4.69) is 5.32 Å². The number of anilines is 2. The molecule has 0 unspecified atom stereocenters. The predicted octanol–water partition coefficient (Wildman–Crippen LogP) is 4.62. The first-order valence-electron chi connectivity index (χ1n) is 10.6. The average Bonchev–Trinajstić information content (AvgIpc) is 2.80. The molecule has 0 spiro atoms. The van der Waals surface area contributed by atoms with E-state index in [0.29, 0.717) is 22.5 Å². The Balaban J connectivity index is 1.79. The van der Waals surface area contributed by atoms with Crippen molar-refractivity contribution >= 4 is 33.3 Å². The molecule has 3 aromatic carbocycles. The highest BCUT2D eigenvalue weighted by Gasteiger charge is 2.19. The van der Waals surface area contributed by atoms with Crippen molar-refractivity contribution in [2.45, 2.75) is 27.3 Å². The maximum Gasteiger partial charge on any atom is 0.337 e. The number of hydrogen-bond donors (Lipinski definition) is 1. The molecule has 0 fully saturated rings. The number of ether oxygens (including phenoxy) is 1. The fourth-order valence-electron chi connectivity index (χ4n) is 3.40. The van der Waals surface area contributed by atoms with Gasteiger partial charge in [0.2, 0.25) is 10.0 Å². The standard InChI is InChI=1S/C26H28N2O5S/c1-17-7-13-23(14-19(17)3)28(34(5,31)32)16-20-8-11-21(12-9-20)25(29)27-24-15-22(26(30)33-4)10-6-18(24)2/h6-15H,16H2,1-5H3,(H,27,29). The van der Waals surface area contributed by atoms with Gasteiger partial charge in [0.1, 0.15) is 0 Å². The zero-order valence-corrected chi connectivity index (χ0v) is 20.7. The lowest BCUT2D eigenvalue weighted by molar-refractivity contribution is 0.0600. The number of amides is 1. The SMILES string of the molecule is COC(=O)c1ccc(C)c(NC(=O)c2ccc(CN(c3ccc(C)c(C)c3)S(C)(=O)=O)cc2)c1. The minimum absolute atomic E-state index is 0.142. The molecule has 0 saturated heterocycles. The van der Waals surface area contributed by atoms with Gasteiger partial charge in [-0.05, 0) is 79.4 Å². The first-order chi connectivity index (χ1) is 16.0. The van der Waals surface area contributed by atoms with E-state index >= 15 is 0 Å². The third-order valence-corrected chi connectivity index (χ3v) is 6.77. The Kier molecular flexibility index (Phi) is 7.41. The van der Waals surface area contributed by atoms with E-state index in [1.807, 2.05) is 32.9 Å². The summed E-state index contributed by atoms with van der Waals surface area (Å²) in [6.07, 6.45) is 1.18. The number of carbonyl (C=O) groups excluding carboxylic acids is 2. The summed E-state index contributed by atoms with van der Waals surface area (Å²) >= 11 is 0. The second-order valence-electron chi connectivity index (χ2n) is 8.21. The van der Waals surface area contributed by atoms with Gasteiger partial charge in [-0.3, -0.25) is 9.10 Å². The van der Waals surface area contributed by atoms with Crippen molar-refractivity contribution in [3.8, 4) is 0 Å². The molecule has 1 N–H and O–H groups in total. The molecule has 0 aliphatic carbocycles. The Labute approximate surface area is 200 Å². The summed E-state index contributed by atoms with van der Waals surface area (Å²) in [4.78, 5) is 24.6. The third-order valence-electron chi connectivity index (χ3n) is 5.63. The van der Waals surface area contributed by atoms with Crippen molar-refractivity contribution in [2.75, 3.05) is 23.0 Å². The van der Waals surface area contributed by atoms with Crippen LogP contribution in [0.4, 0.5) is 11.4 Å². The van der Waals surface area contributed by atoms with Gasteiger partial charge in [0.25, 0.3) is 5.91 Å². The van der Waals surface area contributed by atoms with Crippen molar-refractivity contribution in [3.63, 3.8) is 0 Å². The molecule has 1 amide bonds. The van der Waals surface area contributed by atoms with Crippen molar-refractivity contribution in [2.24, 2.45) is 0 Å². The number of carbonyl (C=O) groups is 2. The van der Waals surface area contributed by atoms with E-state index in [9.17, 15) is 18.0 Å². The quantitative estimate of drug-likeness (QED) is 0.498. The fourth-order valence-corrected chi connectivity index (χ4v) is 4.28. The van der Waals surface area contributed by atoms with Crippen LogP contribution in [0.1, 0.15) is 43.0 Å². The van der Waals surface area contributed by atoms with Gasteiger partial charge in [0.05, 0.1) is 31.2 Å². The lowest BCUT2D eigenvalue weighted by Gasteiger charge is -2.23. The molecule has 0 aliphatic heterocycles. The molecule has 0 bridgehead atoms. The Hall–Kier alpha value is -3.65. The molecule has 3 aromatic rings. The summed E-state index contributed by atoms with van der Waals surface area (Å²) in [5.41, 5.74) is 5.47. The van der Waals surface area contributed by atoms with E-state index in [-0.39, 0.29) is 12.5 Å². The largest absolute Gasteiger partial charge is 0.465 e. The predicted molar refractivity (Wildman–Crippen MR) is 134 cm³/mol. The zero-order chi connectivity index (χ0) is 25.0. The van der Waals surface area contributed by atoms with Gasteiger partial charge in [0, 0.05) is 11.3 Å². The number of benzene rings is 3. The lowest BCUT2D eigenvalue weighted by Crippen LogP contribution is -2.29. The van der Waals surface area contributed by atoms with Crippen LogP contribution in [0, 0.1) is 20.8 Å². The highest BCUT2D eigenvalue weighted by atomic mass is 32.2. The maximum atomic E-state index is 12.8. The molecule has 0 heterocycles. The van der Waals surface area contributed by atoms with Crippen LogP contribution in [0.15, 0.2) is 60.7 Å². The number of hydrogen-bond acceptors (Lipinski definition) is 5. The topological polar surface area (TPSA) is 92.8 Å². The van der Waals surface area contributed by atoms with Crippen LogP contribution in [-0.2, 0) is 21.3 Å². The first kappa shape index (κ1) is 25.0. The summed E-state index contributed by atoms with van der Waals surface area (Å²) in [5, 5.41) is 2.81. The minimum Gasteiger partial charge on any atom is -0.465 e. The van der Waals surface area contributed by atoms with E-state index < -0.39 is 16.0 Å². The molecule has 34 heavy (non-hydrogen) atoms. The second kappa shape index (κ2) is 10.1. The monoisotopic (exact) mass is 480 g/mol. The highest BCUT2D eigenvalue weighted by Crippen LogP contribution is 2.24. The van der Waals surface area contributed by atoms with E-state index in [1.165, 1.54) is 17.7 Å². The molecule has 0 saturated carbocycles. The lowest BCUT2D eigenvalue weighted by atomic mass is 10.1. The van der Waals surface area contributed by atoms with Crippen LogP contribution in [0.25, 0.3) is 0 Å². The zero-order valence-electron chi connectivity index (χ0n) is 19.9. The van der Waals surface area contributed by atoms with Crippen molar-refractivity contribution in [1.82, 2.24) is 0 Å². The van der Waals surface area contributed by atoms with Gasteiger partial charge in [-0.2, -0.15) is 0 Å². The van der Waals surface area contributed by atoms with Crippen LogP contribution >= 0.6 is 0 Å². The number of methoxy groups -OCH3 is 1. The summed E-state index contributed by atoms with van der Waals surface area (Å²) in [5.74, 6) is -0.829. The van der Waals surface area contributed by atoms with E-state index in [4.69, 9.17) is 4.74 Å². The molecule has 178 valence electrons. The van der Waals surface area contributed by atoms with Gasteiger partial charge in [-0.1, -0.05) is 24.3 Å². The molecule has 0 atom stereocenters. The molecule has 8 heteroatoms. The van der Waals surface area contributed by atoms with Gasteiger partial charge >= 0.3 is 5.97 Å². The second-order valence-corrected chi connectivity index (χ2v) is 10.1. The number of nitrogens with zero attached hydrogens (tertiary/aromatic N) is 1. The van der Waals surface area contributed by atoms with E-state index in [1.54, 1.807) is 48.5 Å². The van der Waals surface area contributed by atoms with Crippen molar-refractivity contribution < 1.29 is 22.7 Å². The van der Waals surface area contributed by atoms with Crippen LogP contribution < -0.4 is 9.62 Å². The molecule has 3 rings (SSSR count). The first-order valence-corrected chi connectivity index (χ1v) is 12.5. The highest BCUT2D eigenvalue weighted by molar-refractivity contribution is 7.92. The average molecular weight is 481 g/mol. The number of sulfonamides is 1. The smallest absolute Gasteiger partial charge is 0.337 e. The van der Waals surface area contributed by atoms with Gasteiger partial charge in [0.15, 0.2) is 0 Å². The van der Waals surface area contributed by atoms with Crippen LogP contribution in [0.2, 0.25) is 0 Å². The third kappa shape index (κ3) is 5.82. The van der Waals surface area contributed by atoms with Crippen LogP contribution in [0.5, 0.6) is 0 Å². The molecule has 0 aliphatic rings. The fraction of sp³-hybridized carbons (Fsp3) is 0.231. The summed E-state index contributed by atoms with van der Waals surface area (Å²) < 4.78 is 31.0. The maximum absolute atomic E-state index is 12.8. The number of esters is 1. The minimum atomic E-state index is -3.51. The molecular formula is C26H28N2O5S.